The van der Waals surface area contributed by atoms with Crippen molar-refractivity contribution in [2.75, 3.05) is 5.32 Å². The summed E-state index contributed by atoms with van der Waals surface area (Å²) in [5.41, 5.74) is 1.20. The quantitative estimate of drug-likeness (QED) is 0.770. The number of aromatic nitrogens is 4. The third-order valence-electron chi connectivity index (χ3n) is 3.45. The van der Waals surface area contributed by atoms with Gasteiger partial charge in [-0.2, -0.15) is 10.2 Å². The van der Waals surface area contributed by atoms with Crippen LogP contribution in [0.4, 0.5) is 10.2 Å². The highest BCUT2D eigenvalue weighted by Crippen LogP contribution is 2.18. The maximum Gasteiger partial charge on any atom is 0.260 e. The minimum Gasteiger partial charge on any atom is -0.305 e. The summed E-state index contributed by atoms with van der Waals surface area (Å²) in [4.78, 5) is 12.1. The van der Waals surface area contributed by atoms with Crippen molar-refractivity contribution in [3.63, 3.8) is 0 Å². The van der Waals surface area contributed by atoms with E-state index in [1.807, 2.05) is 6.92 Å². The van der Waals surface area contributed by atoms with E-state index in [2.05, 4.69) is 15.5 Å². The molecule has 0 fully saturated rings. The molecule has 2 heterocycles. The average molecular weight is 348 g/mol. The zero-order valence-electron chi connectivity index (χ0n) is 12.9. The van der Waals surface area contributed by atoms with Crippen LogP contribution in [0, 0.1) is 5.82 Å². The lowest BCUT2D eigenvalue weighted by Crippen LogP contribution is -2.12. The SMILES string of the molecule is CCn1cc(C(=O)Nc2ccn(Cc3ccc(F)cc3Cl)n2)cn1. The van der Waals surface area contributed by atoms with E-state index in [0.29, 0.717) is 29.5 Å². The van der Waals surface area contributed by atoms with Gasteiger partial charge in [0, 0.05) is 30.0 Å². The van der Waals surface area contributed by atoms with Crippen LogP contribution < -0.4 is 5.32 Å². The number of benzene rings is 1. The van der Waals surface area contributed by atoms with E-state index in [1.165, 1.54) is 18.3 Å². The fourth-order valence-corrected chi connectivity index (χ4v) is 2.41. The first-order valence-electron chi connectivity index (χ1n) is 7.36. The molecule has 0 bridgehead atoms. The van der Waals surface area contributed by atoms with E-state index >= 15 is 0 Å². The predicted octanol–water partition coefficient (Wildman–Crippen LogP) is 3.19. The molecule has 1 amide bonds. The summed E-state index contributed by atoms with van der Waals surface area (Å²) in [5, 5.41) is 11.4. The molecule has 3 rings (SSSR count). The van der Waals surface area contributed by atoms with Crippen LogP contribution in [0.2, 0.25) is 5.02 Å². The molecule has 0 saturated carbocycles. The van der Waals surface area contributed by atoms with Gasteiger partial charge < -0.3 is 5.32 Å². The Morgan fingerprint density at radius 1 is 1.33 bits per heavy atom. The van der Waals surface area contributed by atoms with Gasteiger partial charge in [0.15, 0.2) is 5.82 Å². The van der Waals surface area contributed by atoms with Crippen molar-refractivity contribution in [1.82, 2.24) is 19.6 Å². The van der Waals surface area contributed by atoms with E-state index < -0.39 is 0 Å². The highest BCUT2D eigenvalue weighted by Gasteiger charge is 2.11. The second-order valence-corrected chi connectivity index (χ2v) is 5.58. The number of anilines is 1. The molecule has 0 unspecified atom stereocenters. The third-order valence-corrected chi connectivity index (χ3v) is 3.80. The van der Waals surface area contributed by atoms with Crippen molar-refractivity contribution in [3.05, 3.63) is 64.8 Å². The lowest BCUT2D eigenvalue weighted by molar-refractivity contribution is 0.102. The first-order valence-corrected chi connectivity index (χ1v) is 7.74. The van der Waals surface area contributed by atoms with Crippen LogP contribution >= 0.6 is 11.6 Å². The van der Waals surface area contributed by atoms with Gasteiger partial charge >= 0.3 is 0 Å². The van der Waals surface area contributed by atoms with E-state index in [9.17, 15) is 9.18 Å². The number of aryl methyl sites for hydroxylation is 1. The second kappa shape index (κ2) is 6.84. The van der Waals surface area contributed by atoms with Gasteiger partial charge in [-0.25, -0.2) is 4.39 Å². The molecule has 0 radical (unpaired) electrons. The summed E-state index contributed by atoms with van der Waals surface area (Å²) in [6, 6.07) is 5.89. The summed E-state index contributed by atoms with van der Waals surface area (Å²) in [7, 11) is 0. The molecule has 1 N–H and O–H groups in total. The van der Waals surface area contributed by atoms with E-state index in [0.717, 1.165) is 5.56 Å². The molecule has 24 heavy (non-hydrogen) atoms. The lowest BCUT2D eigenvalue weighted by atomic mass is 10.2. The Kier molecular flexibility index (Phi) is 4.61. The number of hydrogen-bond donors (Lipinski definition) is 1. The van der Waals surface area contributed by atoms with Gasteiger partial charge in [-0.1, -0.05) is 17.7 Å². The van der Waals surface area contributed by atoms with E-state index in [1.54, 1.807) is 33.9 Å². The molecule has 2 aromatic heterocycles. The number of halogens is 2. The van der Waals surface area contributed by atoms with Crippen LogP contribution in [-0.2, 0) is 13.1 Å². The topological polar surface area (TPSA) is 64.7 Å². The molecule has 0 aliphatic heterocycles. The van der Waals surface area contributed by atoms with Crippen LogP contribution in [-0.4, -0.2) is 25.5 Å². The number of carbonyl (C=O) groups is 1. The third kappa shape index (κ3) is 3.62. The molecule has 0 aliphatic carbocycles. The summed E-state index contributed by atoms with van der Waals surface area (Å²) < 4.78 is 16.3. The molecule has 1 aromatic carbocycles. The van der Waals surface area contributed by atoms with Gasteiger partial charge in [-0.05, 0) is 24.6 Å². The van der Waals surface area contributed by atoms with Gasteiger partial charge in [-0.15, -0.1) is 0 Å². The fraction of sp³-hybridized carbons (Fsp3) is 0.188. The Hall–Kier alpha value is -2.67. The number of carbonyl (C=O) groups excluding carboxylic acids is 1. The van der Waals surface area contributed by atoms with Gasteiger partial charge in [0.1, 0.15) is 5.82 Å². The first-order chi connectivity index (χ1) is 11.5. The van der Waals surface area contributed by atoms with Crippen molar-refractivity contribution in [1.29, 1.82) is 0 Å². The lowest BCUT2D eigenvalue weighted by Gasteiger charge is -2.05. The van der Waals surface area contributed by atoms with E-state index in [4.69, 9.17) is 11.6 Å². The minimum atomic E-state index is -0.384. The molecule has 8 heteroatoms. The molecular weight excluding hydrogens is 333 g/mol. The van der Waals surface area contributed by atoms with Gasteiger partial charge in [0.2, 0.25) is 0 Å². The van der Waals surface area contributed by atoms with Crippen molar-refractivity contribution >= 4 is 23.3 Å². The molecule has 124 valence electrons. The molecule has 0 saturated heterocycles. The van der Waals surface area contributed by atoms with Crippen LogP contribution in [0.15, 0.2) is 42.9 Å². The molecule has 6 nitrogen and oxygen atoms in total. The second-order valence-electron chi connectivity index (χ2n) is 5.17. The number of amides is 1. The zero-order valence-corrected chi connectivity index (χ0v) is 13.7. The molecular formula is C16H15ClFN5O. The summed E-state index contributed by atoms with van der Waals surface area (Å²) in [6.07, 6.45) is 4.89. The van der Waals surface area contributed by atoms with Crippen molar-refractivity contribution < 1.29 is 9.18 Å². The largest absolute Gasteiger partial charge is 0.305 e. The Labute approximate surface area is 142 Å². The highest BCUT2D eigenvalue weighted by atomic mass is 35.5. The standard InChI is InChI=1S/C16H15ClFN5O/c1-2-22-10-12(8-19-22)16(24)20-15-5-6-23(21-15)9-11-3-4-13(18)7-14(11)17/h3-8,10H,2,9H2,1H3,(H,20,21,24). The maximum absolute atomic E-state index is 13.1. The Morgan fingerprint density at radius 3 is 2.88 bits per heavy atom. The molecule has 0 aliphatic rings. The van der Waals surface area contributed by atoms with Crippen LogP contribution in [0.5, 0.6) is 0 Å². The van der Waals surface area contributed by atoms with Crippen LogP contribution in [0.25, 0.3) is 0 Å². The molecule has 0 spiro atoms. The zero-order chi connectivity index (χ0) is 17.1. The maximum atomic E-state index is 13.1. The normalized spacial score (nSPS) is 10.8. The van der Waals surface area contributed by atoms with Gasteiger partial charge in [0.25, 0.3) is 5.91 Å². The van der Waals surface area contributed by atoms with Crippen molar-refractivity contribution in [2.24, 2.45) is 0 Å². The molecule has 3 aromatic rings. The summed E-state index contributed by atoms with van der Waals surface area (Å²) >= 11 is 6.01. The average Bonchev–Trinajstić information content (AvgIpc) is 3.19. The number of nitrogens with zero attached hydrogens (tertiary/aromatic N) is 4. The Balaban J connectivity index is 1.68. The minimum absolute atomic E-state index is 0.278. The first kappa shape index (κ1) is 16.2. The summed E-state index contributed by atoms with van der Waals surface area (Å²) in [6.45, 7) is 3.01. The summed E-state index contributed by atoms with van der Waals surface area (Å²) in [5.74, 6) is -0.243. The number of hydrogen-bond acceptors (Lipinski definition) is 3. The number of rotatable bonds is 5. The van der Waals surface area contributed by atoms with Crippen LogP contribution in [0.1, 0.15) is 22.8 Å². The fourth-order valence-electron chi connectivity index (χ4n) is 2.18. The van der Waals surface area contributed by atoms with Gasteiger partial charge in [0.05, 0.1) is 18.3 Å². The smallest absolute Gasteiger partial charge is 0.260 e. The highest BCUT2D eigenvalue weighted by molar-refractivity contribution is 6.31. The molecule has 0 atom stereocenters. The van der Waals surface area contributed by atoms with E-state index in [-0.39, 0.29) is 11.7 Å². The predicted molar refractivity (Wildman–Crippen MR) is 88.6 cm³/mol. The monoisotopic (exact) mass is 347 g/mol. The van der Waals surface area contributed by atoms with Crippen molar-refractivity contribution in [3.8, 4) is 0 Å². The van der Waals surface area contributed by atoms with Crippen molar-refractivity contribution in [2.45, 2.75) is 20.0 Å². The number of nitrogens with one attached hydrogen (secondary N) is 1. The van der Waals surface area contributed by atoms with Crippen LogP contribution in [0.3, 0.4) is 0 Å². The Bertz CT molecular complexity index is 873. The Morgan fingerprint density at radius 2 is 2.17 bits per heavy atom. The van der Waals surface area contributed by atoms with Gasteiger partial charge in [-0.3, -0.25) is 14.2 Å².